The normalized spacial score (nSPS) is 11.7. The largest absolute Gasteiger partial charge is 0.507 e. The molecule has 0 fully saturated rings. The second kappa shape index (κ2) is 6.01. The minimum absolute atomic E-state index is 0. The number of carboxylic acids is 1. The second-order valence-electron chi connectivity index (χ2n) is 3.69. The first-order valence-corrected chi connectivity index (χ1v) is 5.93. The van der Waals surface area contributed by atoms with E-state index in [1.165, 1.54) is 11.3 Å². The smallest absolute Gasteiger partial charge is 0.339 e. The van der Waals surface area contributed by atoms with Crippen LogP contribution in [0.1, 0.15) is 26.8 Å². The van der Waals surface area contributed by atoms with Crippen molar-refractivity contribution >= 4 is 29.7 Å². The van der Waals surface area contributed by atoms with Crippen LogP contribution in [0.15, 0.2) is 29.6 Å². The molecule has 0 unspecified atom stereocenters. The van der Waals surface area contributed by atoms with Crippen LogP contribution in [-0.4, -0.2) is 16.2 Å². The van der Waals surface area contributed by atoms with Crippen molar-refractivity contribution in [3.05, 3.63) is 51.5 Å². The first-order valence-electron chi connectivity index (χ1n) is 5.05. The molecule has 0 saturated carbocycles. The highest BCUT2D eigenvalue weighted by Crippen LogP contribution is 2.33. The number of aromatic carboxylic acids is 1. The van der Waals surface area contributed by atoms with Crippen molar-refractivity contribution in [1.82, 2.24) is 0 Å². The summed E-state index contributed by atoms with van der Waals surface area (Å²) in [6, 6.07) is 4.57. The van der Waals surface area contributed by atoms with E-state index in [2.05, 4.69) is 0 Å². The zero-order valence-electron chi connectivity index (χ0n) is 9.54. The molecule has 7 heteroatoms. The van der Waals surface area contributed by atoms with Gasteiger partial charge in [-0.25, -0.2) is 9.18 Å². The van der Waals surface area contributed by atoms with Crippen LogP contribution in [0.3, 0.4) is 0 Å². The van der Waals surface area contributed by atoms with Crippen LogP contribution in [0.4, 0.5) is 4.39 Å². The second-order valence-corrected chi connectivity index (χ2v) is 4.67. The molecule has 0 aliphatic rings. The number of carboxylic acid groups (broad SMARTS) is 1. The average molecular weight is 304 g/mol. The summed E-state index contributed by atoms with van der Waals surface area (Å²) < 4.78 is 13.3. The number of nitrogens with two attached hydrogens (primary N) is 1. The lowest BCUT2D eigenvalue weighted by Crippen LogP contribution is -2.12. The SMILES string of the molecule is Cl.N[C@H](c1cccs1)c1cc(F)cc(C(=O)O)c1O. The average Bonchev–Trinajstić information content (AvgIpc) is 2.84. The summed E-state index contributed by atoms with van der Waals surface area (Å²) in [5, 5.41) is 20.5. The third-order valence-electron chi connectivity index (χ3n) is 2.52. The molecule has 19 heavy (non-hydrogen) atoms. The van der Waals surface area contributed by atoms with Crippen molar-refractivity contribution in [2.75, 3.05) is 0 Å². The molecule has 0 bridgehead atoms. The molecule has 102 valence electrons. The summed E-state index contributed by atoms with van der Waals surface area (Å²) in [7, 11) is 0. The van der Waals surface area contributed by atoms with Gasteiger partial charge in [-0.2, -0.15) is 0 Å². The van der Waals surface area contributed by atoms with Crippen LogP contribution in [0.2, 0.25) is 0 Å². The Morgan fingerprint density at radius 1 is 1.42 bits per heavy atom. The number of carbonyl (C=O) groups is 1. The van der Waals surface area contributed by atoms with Crippen LogP contribution >= 0.6 is 23.7 Å². The van der Waals surface area contributed by atoms with E-state index in [4.69, 9.17) is 10.8 Å². The molecule has 0 amide bonds. The molecule has 1 aromatic carbocycles. The first kappa shape index (κ1) is 15.4. The number of aromatic hydroxyl groups is 1. The zero-order valence-corrected chi connectivity index (χ0v) is 11.2. The van der Waals surface area contributed by atoms with Gasteiger partial charge in [0, 0.05) is 10.4 Å². The Kier molecular flexibility index (Phi) is 4.88. The predicted molar refractivity (Wildman–Crippen MR) is 72.6 cm³/mol. The summed E-state index contributed by atoms with van der Waals surface area (Å²) in [6.07, 6.45) is 0. The van der Waals surface area contributed by atoms with E-state index >= 15 is 0 Å². The molecule has 1 atom stereocenters. The number of phenols is 1. The third-order valence-corrected chi connectivity index (χ3v) is 3.47. The molecule has 4 nitrogen and oxygen atoms in total. The van der Waals surface area contributed by atoms with Crippen LogP contribution < -0.4 is 5.73 Å². The van der Waals surface area contributed by atoms with Crippen molar-refractivity contribution in [3.63, 3.8) is 0 Å². The van der Waals surface area contributed by atoms with Gasteiger partial charge in [-0.3, -0.25) is 0 Å². The quantitative estimate of drug-likeness (QED) is 0.814. The molecular weight excluding hydrogens is 293 g/mol. The van der Waals surface area contributed by atoms with Gasteiger partial charge < -0.3 is 15.9 Å². The Hall–Kier alpha value is -1.63. The maximum Gasteiger partial charge on any atom is 0.339 e. The standard InChI is InChI=1S/C12H10FNO3S.ClH/c13-6-4-7(10(14)9-2-1-3-18-9)11(15)8(5-6)12(16)17;/h1-5,10,15H,14H2,(H,16,17);1H/t10-;/m0./s1. The molecule has 2 aromatic rings. The topological polar surface area (TPSA) is 83.6 Å². The lowest BCUT2D eigenvalue weighted by Gasteiger charge is -2.13. The van der Waals surface area contributed by atoms with Gasteiger partial charge in [0.15, 0.2) is 0 Å². The van der Waals surface area contributed by atoms with E-state index in [1.807, 2.05) is 0 Å². The van der Waals surface area contributed by atoms with E-state index in [-0.39, 0.29) is 18.0 Å². The molecule has 0 aliphatic carbocycles. The van der Waals surface area contributed by atoms with Gasteiger partial charge in [0.2, 0.25) is 0 Å². The number of halogens is 2. The molecule has 0 spiro atoms. The van der Waals surface area contributed by atoms with E-state index in [9.17, 15) is 14.3 Å². The number of hydrogen-bond donors (Lipinski definition) is 3. The molecule has 1 aromatic heterocycles. The van der Waals surface area contributed by atoms with Crippen molar-refractivity contribution in [2.45, 2.75) is 6.04 Å². The summed E-state index contributed by atoms with van der Waals surface area (Å²) in [4.78, 5) is 11.6. The van der Waals surface area contributed by atoms with Crippen molar-refractivity contribution in [3.8, 4) is 5.75 Å². The molecule has 2 rings (SSSR count). The van der Waals surface area contributed by atoms with Gasteiger partial charge in [-0.15, -0.1) is 23.7 Å². The fourth-order valence-electron chi connectivity index (χ4n) is 1.64. The molecule has 0 radical (unpaired) electrons. The summed E-state index contributed by atoms with van der Waals surface area (Å²) in [5.74, 6) is -2.64. The summed E-state index contributed by atoms with van der Waals surface area (Å²) in [6.45, 7) is 0. The van der Waals surface area contributed by atoms with Crippen LogP contribution in [-0.2, 0) is 0 Å². The molecular formula is C12H11ClFNO3S. The number of rotatable bonds is 3. The van der Waals surface area contributed by atoms with E-state index in [0.29, 0.717) is 4.88 Å². The van der Waals surface area contributed by atoms with E-state index in [1.54, 1.807) is 17.5 Å². The number of benzene rings is 1. The minimum Gasteiger partial charge on any atom is -0.507 e. The van der Waals surface area contributed by atoms with Gasteiger partial charge >= 0.3 is 5.97 Å². The molecule has 4 N–H and O–H groups in total. The van der Waals surface area contributed by atoms with Crippen molar-refractivity contribution < 1.29 is 19.4 Å². The Labute approximate surface area is 118 Å². The third kappa shape index (κ3) is 3.04. The fourth-order valence-corrected chi connectivity index (χ4v) is 2.39. The Balaban J connectivity index is 0.00000180. The number of thiophene rings is 1. The first-order chi connectivity index (χ1) is 8.50. The highest BCUT2D eigenvalue weighted by molar-refractivity contribution is 7.10. The van der Waals surface area contributed by atoms with Crippen molar-refractivity contribution in [1.29, 1.82) is 0 Å². The Bertz CT molecular complexity index is 589. The maximum atomic E-state index is 13.3. The zero-order chi connectivity index (χ0) is 13.3. The predicted octanol–water partition coefficient (Wildman–Crippen LogP) is 2.76. The lowest BCUT2D eigenvalue weighted by molar-refractivity contribution is 0.0693. The minimum atomic E-state index is -1.40. The van der Waals surface area contributed by atoms with E-state index < -0.39 is 29.1 Å². The van der Waals surface area contributed by atoms with Gasteiger partial charge in [0.05, 0.1) is 6.04 Å². The van der Waals surface area contributed by atoms with Gasteiger partial charge in [0.25, 0.3) is 0 Å². The molecule has 0 aliphatic heterocycles. The van der Waals surface area contributed by atoms with Crippen LogP contribution in [0, 0.1) is 5.82 Å². The van der Waals surface area contributed by atoms with E-state index in [0.717, 1.165) is 12.1 Å². The monoisotopic (exact) mass is 303 g/mol. The molecule has 1 heterocycles. The van der Waals surface area contributed by atoms with Gasteiger partial charge in [-0.05, 0) is 23.6 Å². The summed E-state index contributed by atoms with van der Waals surface area (Å²) in [5.41, 5.74) is 5.47. The van der Waals surface area contributed by atoms with Gasteiger partial charge in [0.1, 0.15) is 17.1 Å². The maximum absolute atomic E-state index is 13.3. The fraction of sp³-hybridized carbons (Fsp3) is 0.0833. The van der Waals surface area contributed by atoms with Crippen LogP contribution in [0.5, 0.6) is 5.75 Å². The Morgan fingerprint density at radius 2 is 2.11 bits per heavy atom. The lowest BCUT2D eigenvalue weighted by atomic mass is 10.0. The van der Waals surface area contributed by atoms with Gasteiger partial charge in [-0.1, -0.05) is 6.07 Å². The van der Waals surface area contributed by atoms with Crippen molar-refractivity contribution in [2.24, 2.45) is 5.73 Å². The molecule has 0 saturated heterocycles. The highest BCUT2D eigenvalue weighted by atomic mass is 35.5. The summed E-state index contributed by atoms with van der Waals surface area (Å²) >= 11 is 1.35. The highest BCUT2D eigenvalue weighted by Gasteiger charge is 2.21. The number of hydrogen-bond acceptors (Lipinski definition) is 4. The van der Waals surface area contributed by atoms with Crippen LogP contribution in [0.25, 0.3) is 0 Å². The Morgan fingerprint density at radius 3 is 2.63 bits per heavy atom.